The third-order valence-corrected chi connectivity index (χ3v) is 16.9. The van der Waals surface area contributed by atoms with Crippen LogP contribution >= 0.6 is 11.3 Å². The van der Waals surface area contributed by atoms with Crippen molar-refractivity contribution >= 4 is 78.0 Å². The molecule has 0 fully saturated rings. The third kappa shape index (κ3) is 7.42. The molecule has 2 nitrogen and oxygen atoms in total. The van der Waals surface area contributed by atoms with Gasteiger partial charge in [-0.05, 0) is 161 Å². The Balaban J connectivity index is 1.40. The summed E-state index contributed by atoms with van der Waals surface area (Å²) in [6.45, 7) is 40.7. The monoisotopic (exact) mass is 901 g/mol. The van der Waals surface area contributed by atoms with Crippen molar-refractivity contribution in [2.75, 3.05) is 9.80 Å². The SMILES string of the molecule is Cc1cc2c3c(c1)N(c1cc(C(C)(C)C)cc(C(C)(C)C)c1-c1ccccc1)c1sc4ccc(C(C)(C)C)cc4c1B3c1cc3c(cc1N2c1ccc(C(C)(C)C)cc1)C(C)(C)CCC3(C)C. The molecular formula is C63H73BN2S. The van der Waals surface area contributed by atoms with Crippen LogP contribution in [-0.4, -0.2) is 6.71 Å². The van der Waals surface area contributed by atoms with Crippen molar-refractivity contribution in [3.63, 3.8) is 0 Å². The van der Waals surface area contributed by atoms with Crippen LogP contribution in [0.4, 0.5) is 33.4 Å². The zero-order valence-corrected chi connectivity index (χ0v) is 44.5. The zero-order valence-electron chi connectivity index (χ0n) is 43.7. The first kappa shape index (κ1) is 45.7. The molecule has 3 aliphatic rings. The third-order valence-electron chi connectivity index (χ3n) is 15.8. The Labute approximate surface area is 407 Å². The van der Waals surface area contributed by atoms with Gasteiger partial charge in [0, 0.05) is 33.0 Å². The summed E-state index contributed by atoms with van der Waals surface area (Å²) in [5.74, 6) is 0. The van der Waals surface area contributed by atoms with E-state index in [0.29, 0.717) is 0 Å². The summed E-state index contributed by atoms with van der Waals surface area (Å²) < 4.78 is 1.35. The van der Waals surface area contributed by atoms with E-state index in [1.165, 1.54) is 123 Å². The van der Waals surface area contributed by atoms with Gasteiger partial charge in [-0.3, -0.25) is 0 Å². The van der Waals surface area contributed by atoms with Crippen LogP contribution in [0.25, 0.3) is 21.2 Å². The van der Waals surface area contributed by atoms with Gasteiger partial charge in [0.05, 0.1) is 10.7 Å². The largest absolute Gasteiger partial charge is 0.311 e. The number of anilines is 6. The summed E-state index contributed by atoms with van der Waals surface area (Å²) in [7, 11) is 0. The molecule has 67 heavy (non-hydrogen) atoms. The highest BCUT2D eigenvalue weighted by Crippen LogP contribution is 2.54. The lowest BCUT2D eigenvalue weighted by Gasteiger charge is -2.47. The number of rotatable bonds is 3. The minimum absolute atomic E-state index is 0.00413. The maximum atomic E-state index is 2.74. The molecule has 0 spiro atoms. The number of thiophene rings is 1. The first-order valence-corrected chi connectivity index (χ1v) is 25.8. The van der Waals surface area contributed by atoms with Crippen LogP contribution in [-0.2, 0) is 32.5 Å². The number of aryl methyl sites for hydroxylation is 1. The number of fused-ring (bicyclic) bond motifs is 7. The average Bonchev–Trinajstić information content (AvgIpc) is 3.62. The van der Waals surface area contributed by atoms with Crippen molar-refractivity contribution in [2.45, 2.75) is 163 Å². The Bertz CT molecular complexity index is 3120. The van der Waals surface area contributed by atoms with Crippen molar-refractivity contribution in [3.05, 3.63) is 148 Å². The normalized spacial score (nSPS) is 16.5. The van der Waals surface area contributed by atoms with Crippen LogP contribution in [0.1, 0.15) is 163 Å². The van der Waals surface area contributed by atoms with Gasteiger partial charge in [0.25, 0.3) is 6.71 Å². The van der Waals surface area contributed by atoms with Gasteiger partial charge in [0.15, 0.2) is 0 Å². The first-order valence-electron chi connectivity index (χ1n) is 25.0. The van der Waals surface area contributed by atoms with E-state index in [2.05, 4.69) is 237 Å². The van der Waals surface area contributed by atoms with Crippen molar-refractivity contribution < 1.29 is 0 Å². The quantitative estimate of drug-likeness (QED) is 0.163. The summed E-state index contributed by atoms with van der Waals surface area (Å²) in [5, 5.41) is 2.72. The van der Waals surface area contributed by atoms with Gasteiger partial charge in [-0.2, -0.15) is 0 Å². The molecule has 0 amide bonds. The van der Waals surface area contributed by atoms with Gasteiger partial charge in [0.2, 0.25) is 0 Å². The smallest absolute Gasteiger partial charge is 0.254 e. The van der Waals surface area contributed by atoms with Gasteiger partial charge < -0.3 is 9.80 Å². The molecule has 6 aromatic carbocycles. The van der Waals surface area contributed by atoms with E-state index >= 15 is 0 Å². The van der Waals surface area contributed by atoms with Crippen LogP contribution in [0.5, 0.6) is 0 Å². The predicted octanol–water partition coefficient (Wildman–Crippen LogP) is 16.5. The second-order valence-electron chi connectivity index (χ2n) is 25.9. The Morgan fingerprint density at radius 3 is 1.66 bits per heavy atom. The molecule has 0 saturated carbocycles. The van der Waals surface area contributed by atoms with E-state index < -0.39 is 0 Å². The molecule has 1 aliphatic carbocycles. The summed E-state index contributed by atoms with van der Waals surface area (Å²) >= 11 is 1.99. The molecule has 344 valence electrons. The van der Waals surface area contributed by atoms with Gasteiger partial charge in [-0.25, -0.2) is 0 Å². The van der Waals surface area contributed by atoms with Gasteiger partial charge in [0.1, 0.15) is 0 Å². The fraction of sp³-hybridized carbons (Fsp3) is 0.397. The lowest BCUT2D eigenvalue weighted by molar-refractivity contribution is 0.332. The Kier molecular flexibility index (Phi) is 10.2. The summed E-state index contributed by atoms with van der Waals surface area (Å²) in [4.78, 5) is 5.40. The molecule has 4 heteroatoms. The van der Waals surface area contributed by atoms with Gasteiger partial charge in [-0.1, -0.05) is 178 Å². The Morgan fingerprint density at radius 1 is 0.507 bits per heavy atom. The first-order chi connectivity index (χ1) is 31.1. The van der Waals surface area contributed by atoms with Crippen LogP contribution in [0.2, 0.25) is 0 Å². The van der Waals surface area contributed by atoms with E-state index in [1.807, 2.05) is 11.3 Å². The standard InChI is InChI=1S/C63H73BN2S/c1-38-31-51-56-52(32-38)66(50-35-42(60(8,9)10)34-47(61(11,12)13)54(50)39-21-19-18-20-22-39)57-55(44-33-41(59(5,6)7)25-28-53(44)67-57)64(56)48-36-45-46(63(16,17)30-29-62(45,14)15)37-49(48)65(51)43-26-23-40(24-27-43)58(2,3)4/h18-28,31-37H,29-30H2,1-17H3. The van der Waals surface area contributed by atoms with Crippen LogP contribution < -0.4 is 26.2 Å². The molecular weight excluding hydrogens is 828 g/mol. The topological polar surface area (TPSA) is 6.48 Å². The minimum Gasteiger partial charge on any atom is -0.311 e. The number of nitrogens with zero attached hydrogens (tertiary/aromatic N) is 2. The highest BCUT2D eigenvalue weighted by atomic mass is 32.1. The maximum absolute atomic E-state index is 2.74. The minimum atomic E-state index is -0.120. The molecule has 0 bridgehead atoms. The molecule has 7 aromatic rings. The van der Waals surface area contributed by atoms with Gasteiger partial charge in [-0.15, -0.1) is 11.3 Å². The van der Waals surface area contributed by atoms with Crippen molar-refractivity contribution in [1.82, 2.24) is 0 Å². The molecule has 0 N–H and O–H groups in total. The number of benzene rings is 6. The fourth-order valence-electron chi connectivity index (χ4n) is 11.5. The highest BCUT2D eigenvalue weighted by Gasteiger charge is 2.48. The fourth-order valence-corrected chi connectivity index (χ4v) is 12.8. The van der Waals surface area contributed by atoms with Crippen LogP contribution in [0, 0.1) is 6.92 Å². The van der Waals surface area contributed by atoms with Gasteiger partial charge >= 0.3 is 0 Å². The lowest BCUT2D eigenvalue weighted by Crippen LogP contribution is -2.61. The van der Waals surface area contributed by atoms with E-state index in [-0.39, 0.29) is 39.2 Å². The molecule has 3 heterocycles. The summed E-state index contributed by atoms with van der Waals surface area (Å²) in [6, 6.07) is 43.6. The van der Waals surface area contributed by atoms with Crippen molar-refractivity contribution in [3.8, 4) is 11.1 Å². The van der Waals surface area contributed by atoms with Crippen LogP contribution in [0.15, 0.2) is 109 Å². The molecule has 1 aromatic heterocycles. The molecule has 0 unspecified atom stereocenters. The van der Waals surface area contributed by atoms with E-state index in [1.54, 1.807) is 0 Å². The maximum Gasteiger partial charge on any atom is 0.254 e. The Hall–Kier alpha value is -5.06. The molecule has 0 saturated heterocycles. The predicted molar refractivity (Wildman–Crippen MR) is 296 cm³/mol. The summed E-state index contributed by atoms with van der Waals surface area (Å²) in [6.07, 6.45) is 2.35. The second kappa shape index (κ2) is 15.0. The Morgan fingerprint density at radius 2 is 1.07 bits per heavy atom. The number of hydrogen-bond donors (Lipinski definition) is 0. The molecule has 0 radical (unpaired) electrons. The average molecular weight is 901 g/mol. The molecule has 0 atom stereocenters. The van der Waals surface area contributed by atoms with E-state index in [4.69, 9.17) is 0 Å². The van der Waals surface area contributed by atoms with Crippen molar-refractivity contribution in [1.29, 1.82) is 0 Å². The number of hydrogen-bond acceptors (Lipinski definition) is 3. The second-order valence-corrected chi connectivity index (χ2v) is 26.9. The van der Waals surface area contributed by atoms with Crippen molar-refractivity contribution in [2.24, 2.45) is 0 Å². The van der Waals surface area contributed by atoms with Crippen LogP contribution in [0.3, 0.4) is 0 Å². The summed E-state index contributed by atoms with van der Waals surface area (Å²) in [5.41, 5.74) is 22.9. The molecule has 10 rings (SSSR count). The lowest BCUT2D eigenvalue weighted by atomic mass is 9.33. The van der Waals surface area contributed by atoms with E-state index in [0.717, 1.165) is 0 Å². The highest BCUT2D eigenvalue weighted by molar-refractivity contribution is 7.26. The zero-order chi connectivity index (χ0) is 48.1. The van der Waals surface area contributed by atoms with E-state index in [9.17, 15) is 0 Å². The molecule has 2 aliphatic heterocycles.